The molecule has 0 unspecified atom stereocenters. The smallest absolute Gasteiger partial charge is 0.269 e. The van der Waals surface area contributed by atoms with Gasteiger partial charge in [0.1, 0.15) is 5.70 Å². The summed E-state index contributed by atoms with van der Waals surface area (Å²) in [7, 11) is -4.49. The number of hydrogen-bond acceptors (Lipinski definition) is 8. The van der Waals surface area contributed by atoms with Crippen LogP contribution in [0.2, 0.25) is 0 Å². The van der Waals surface area contributed by atoms with Crippen molar-refractivity contribution >= 4 is 33.0 Å². The Labute approximate surface area is 177 Å². The first-order chi connectivity index (χ1) is 14.8. The number of Topliss-reactive ketones (excluding diaryl/α,β-unsaturated/α-hetero) is 2. The third-order valence-corrected chi connectivity index (χ3v) is 6.40. The highest BCUT2D eigenvalue weighted by Crippen LogP contribution is 2.32. The van der Waals surface area contributed by atoms with Crippen LogP contribution in [-0.4, -0.2) is 56.1 Å². The molecule has 1 heterocycles. The quantitative estimate of drug-likeness (QED) is 0.547. The number of non-ortho nitro benzene ring substituents is 1. The van der Waals surface area contributed by atoms with Gasteiger partial charge in [0, 0.05) is 42.0 Å². The van der Waals surface area contributed by atoms with Gasteiger partial charge in [0.15, 0.2) is 4.91 Å². The molecule has 1 saturated heterocycles. The lowest BCUT2D eigenvalue weighted by Gasteiger charge is -2.33. The van der Waals surface area contributed by atoms with Gasteiger partial charge < -0.3 is 9.64 Å². The second-order valence-electron chi connectivity index (χ2n) is 6.89. The summed E-state index contributed by atoms with van der Waals surface area (Å²) in [5.74, 6) is -1.34. The highest BCUT2D eigenvalue weighted by atomic mass is 32.2. The molecule has 0 spiro atoms. The van der Waals surface area contributed by atoms with Gasteiger partial charge in [-0.1, -0.05) is 24.3 Å². The summed E-state index contributed by atoms with van der Waals surface area (Å²) < 4.78 is 34.1. The Morgan fingerprint density at radius 3 is 2.10 bits per heavy atom. The van der Waals surface area contributed by atoms with Crippen LogP contribution in [0, 0.1) is 10.1 Å². The second kappa shape index (κ2) is 7.93. The third-order valence-electron chi connectivity index (χ3n) is 4.98. The largest absolute Gasteiger partial charge is 0.378 e. The van der Waals surface area contributed by atoms with Gasteiger partial charge in [0.05, 0.1) is 18.1 Å². The van der Waals surface area contributed by atoms with E-state index in [2.05, 4.69) is 4.72 Å². The number of rotatable bonds is 5. The zero-order valence-corrected chi connectivity index (χ0v) is 16.9. The molecule has 11 heteroatoms. The summed E-state index contributed by atoms with van der Waals surface area (Å²) in [6.07, 6.45) is 0. The number of nitrogens with zero attached hydrogens (tertiary/aromatic N) is 2. The minimum Gasteiger partial charge on any atom is -0.378 e. The maximum atomic E-state index is 13.3. The lowest BCUT2D eigenvalue weighted by atomic mass is 9.91. The Morgan fingerprint density at radius 2 is 1.52 bits per heavy atom. The van der Waals surface area contributed by atoms with Crippen molar-refractivity contribution in [3.05, 3.63) is 80.4 Å². The van der Waals surface area contributed by atoms with Gasteiger partial charge >= 0.3 is 0 Å². The topological polar surface area (TPSA) is 136 Å². The molecule has 1 fully saturated rings. The molecule has 1 aliphatic carbocycles. The van der Waals surface area contributed by atoms with E-state index in [4.69, 9.17) is 4.74 Å². The molecule has 1 N–H and O–H groups in total. The molecule has 160 valence electrons. The van der Waals surface area contributed by atoms with Crippen molar-refractivity contribution in [1.82, 2.24) is 4.90 Å². The van der Waals surface area contributed by atoms with Gasteiger partial charge in [-0.15, -0.1) is 0 Å². The standard InChI is InChI=1S/C20H17N3O7S/c24-18-15-3-1-2-4-16(15)19(25)20(17(18)22-9-11-30-12-10-22)31(28,29)21-13-5-7-14(8-6-13)23(26)27/h1-8,21H,9-12H2. The van der Waals surface area contributed by atoms with Gasteiger partial charge in [0.2, 0.25) is 11.6 Å². The van der Waals surface area contributed by atoms with Crippen molar-refractivity contribution in [2.45, 2.75) is 0 Å². The number of carbonyl (C=O) groups excluding carboxylic acids is 2. The number of nitro benzene ring substituents is 1. The summed E-state index contributed by atoms with van der Waals surface area (Å²) >= 11 is 0. The van der Waals surface area contributed by atoms with Crippen LogP contribution < -0.4 is 4.72 Å². The first-order valence-corrected chi connectivity index (χ1v) is 10.8. The van der Waals surface area contributed by atoms with E-state index in [-0.39, 0.29) is 54.5 Å². The van der Waals surface area contributed by atoms with Crippen molar-refractivity contribution in [2.75, 3.05) is 31.0 Å². The Morgan fingerprint density at radius 1 is 0.935 bits per heavy atom. The Balaban J connectivity index is 1.81. The van der Waals surface area contributed by atoms with E-state index in [9.17, 15) is 28.1 Å². The molecule has 0 amide bonds. The van der Waals surface area contributed by atoms with E-state index in [0.717, 1.165) is 12.1 Å². The number of morpholine rings is 1. The van der Waals surface area contributed by atoms with Crippen molar-refractivity contribution in [3.8, 4) is 0 Å². The minimum absolute atomic E-state index is 0.00795. The molecule has 0 radical (unpaired) electrons. The number of carbonyl (C=O) groups is 2. The second-order valence-corrected chi connectivity index (χ2v) is 8.51. The zero-order chi connectivity index (χ0) is 22.2. The van der Waals surface area contributed by atoms with Crippen LogP contribution in [0.15, 0.2) is 59.1 Å². The van der Waals surface area contributed by atoms with Gasteiger partial charge in [-0.2, -0.15) is 0 Å². The Kier molecular flexibility index (Phi) is 5.29. The molecule has 10 nitrogen and oxygen atoms in total. The average molecular weight is 443 g/mol. The summed E-state index contributed by atoms with van der Waals surface area (Å²) in [6, 6.07) is 10.8. The van der Waals surface area contributed by atoms with Gasteiger partial charge in [-0.25, -0.2) is 8.42 Å². The molecule has 2 aromatic carbocycles. The molecule has 1 aliphatic heterocycles. The first-order valence-electron chi connectivity index (χ1n) is 9.32. The highest BCUT2D eigenvalue weighted by molar-refractivity contribution is 7.97. The first kappa shape index (κ1) is 20.7. The number of ketones is 2. The number of fused-ring (bicyclic) bond motifs is 1. The summed E-state index contributed by atoms with van der Waals surface area (Å²) in [5, 5.41) is 10.8. The van der Waals surface area contributed by atoms with Gasteiger partial charge in [-0.3, -0.25) is 24.4 Å². The predicted molar refractivity (Wildman–Crippen MR) is 110 cm³/mol. The lowest BCUT2D eigenvalue weighted by molar-refractivity contribution is -0.384. The number of benzene rings is 2. The van der Waals surface area contributed by atoms with Gasteiger partial charge in [-0.05, 0) is 12.1 Å². The van der Waals surface area contributed by atoms with Gasteiger partial charge in [0.25, 0.3) is 15.7 Å². The lowest BCUT2D eigenvalue weighted by Crippen LogP contribution is -2.43. The van der Waals surface area contributed by atoms with Crippen molar-refractivity contribution in [1.29, 1.82) is 0 Å². The molecular formula is C20H17N3O7S. The number of allylic oxidation sites excluding steroid dienone is 2. The maximum Gasteiger partial charge on any atom is 0.269 e. The zero-order valence-electron chi connectivity index (χ0n) is 16.1. The number of ether oxygens (including phenoxy) is 1. The molecule has 0 aromatic heterocycles. The fraction of sp³-hybridized carbons (Fsp3) is 0.200. The van der Waals surface area contributed by atoms with E-state index < -0.39 is 31.4 Å². The molecule has 2 aliphatic rings. The molecule has 0 bridgehead atoms. The molecule has 4 rings (SSSR count). The van der Waals surface area contributed by atoms with Crippen LogP contribution in [0.3, 0.4) is 0 Å². The number of anilines is 1. The van der Waals surface area contributed by atoms with E-state index >= 15 is 0 Å². The van der Waals surface area contributed by atoms with Crippen molar-refractivity contribution in [3.63, 3.8) is 0 Å². The summed E-state index contributed by atoms with van der Waals surface area (Å²) in [4.78, 5) is 37.6. The van der Waals surface area contributed by atoms with Crippen LogP contribution in [0.5, 0.6) is 0 Å². The van der Waals surface area contributed by atoms with Crippen LogP contribution in [0.1, 0.15) is 20.7 Å². The monoisotopic (exact) mass is 443 g/mol. The van der Waals surface area contributed by atoms with Crippen LogP contribution in [0.4, 0.5) is 11.4 Å². The highest BCUT2D eigenvalue weighted by Gasteiger charge is 2.41. The maximum absolute atomic E-state index is 13.3. The van der Waals surface area contributed by atoms with E-state index in [0.29, 0.717) is 0 Å². The molecule has 0 atom stereocenters. The van der Waals surface area contributed by atoms with Crippen LogP contribution in [-0.2, 0) is 14.8 Å². The summed E-state index contributed by atoms with van der Waals surface area (Å²) in [6.45, 7) is 1.09. The van der Waals surface area contributed by atoms with E-state index in [1.54, 1.807) is 17.0 Å². The predicted octanol–water partition coefficient (Wildman–Crippen LogP) is 1.96. The number of sulfonamides is 1. The van der Waals surface area contributed by atoms with E-state index in [1.807, 2.05) is 0 Å². The normalized spacial score (nSPS) is 16.8. The Hall–Kier alpha value is -3.57. The SMILES string of the molecule is O=C1C(N2CCOCC2)=C(S(=O)(=O)Nc2ccc([N+](=O)[O-])cc2)C(=O)c2ccccc21. The number of hydrogen-bond donors (Lipinski definition) is 1. The fourth-order valence-electron chi connectivity index (χ4n) is 3.52. The van der Waals surface area contributed by atoms with Crippen molar-refractivity contribution in [2.24, 2.45) is 0 Å². The molecule has 2 aromatic rings. The molecule has 0 saturated carbocycles. The van der Waals surface area contributed by atoms with Crippen molar-refractivity contribution < 1.29 is 27.7 Å². The number of nitro groups is 1. The average Bonchev–Trinajstić information content (AvgIpc) is 2.76. The third kappa shape index (κ3) is 3.80. The minimum atomic E-state index is -4.49. The van der Waals surface area contributed by atoms with Crippen LogP contribution in [0.25, 0.3) is 0 Å². The van der Waals surface area contributed by atoms with Crippen LogP contribution >= 0.6 is 0 Å². The number of nitrogens with one attached hydrogen (secondary N) is 1. The fourth-order valence-corrected chi connectivity index (χ4v) is 4.90. The molecule has 31 heavy (non-hydrogen) atoms. The summed E-state index contributed by atoms with van der Waals surface area (Å²) in [5.41, 5.74) is -0.231. The van der Waals surface area contributed by atoms with E-state index in [1.165, 1.54) is 24.3 Å². The molecular weight excluding hydrogens is 426 g/mol. The Bertz CT molecular complexity index is 1210.